The molecule has 3 aromatic rings. The Morgan fingerprint density at radius 2 is 2.12 bits per heavy atom. The Kier molecular flexibility index (Phi) is 6.58. The standard InChI is InChI=1S/C23H24FN5O3/c1-2-9-32-27-23(31)20-10-19-17(13-28-8-7-25-22(30)15-28)14-29(21(19)11-26-20)12-16-3-5-18(24)6-4-16/h2-6,10-11,14H,1,7-9,12-13,15H2,(H,25,30)(H,27,31). The van der Waals surface area contributed by atoms with E-state index in [0.29, 0.717) is 26.2 Å². The first-order valence-corrected chi connectivity index (χ1v) is 10.3. The van der Waals surface area contributed by atoms with Crippen LogP contribution in [0.4, 0.5) is 4.39 Å². The van der Waals surface area contributed by atoms with Crippen molar-refractivity contribution in [3.63, 3.8) is 0 Å². The van der Waals surface area contributed by atoms with Gasteiger partial charge < -0.3 is 9.88 Å². The van der Waals surface area contributed by atoms with E-state index in [2.05, 4.69) is 27.3 Å². The van der Waals surface area contributed by atoms with E-state index in [1.165, 1.54) is 18.2 Å². The van der Waals surface area contributed by atoms with Gasteiger partial charge in [-0.2, -0.15) is 0 Å². The van der Waals surface area contributed by atoms with Gasteiger partial charge in [-0.05, 0) is 29.3 Å². The number of aromatic nitrogens is 2. The lowest BCUT2D eigenvalue weighted by Gasteiger charge is -2.26. The van der Waals surface area contributed by atoms with Crippen molar-refractivity contribution in [1.82, 2.24) is 25.2 Å². The highest BCUT2D eigenvalue weighted by Crippen LogP contribution is 2.25. The van der Waals surface area contributed by atoms with Crippen molar-refractivity contribution < 1.29 is 18.8 Å². The fraction of sp³-hybridized carbons (Fsp3) is 0.261. The fourth-order valence-corrected chi connectivity index (χ4v) is 3.71. The average molecular weight is 437 g/mol. The number of piperazine rings is 1. The number of pyridine rings is 1. The summed E-state index contributed by atoms with van der Waals surface area (Å²) in [5.41, 5.74) is 5.32. The molecular weight excluding hydrogens is 413 g/mol. The Morgan fingerprint density at radius 1 is 1.31 bits per heavy atom. The highest BCUT2D eigenvalue weighted by Gasteiger charge is 2.20. The predicted octanol–water partition coefficient (Wildman–Crippen LogP) is 2.00. The van der Waals surface area contributed by atoms with Gasteiger partial charge >= 0.3 is 0 Å². The maximum absolute atomic E-state index is 13.3. The number of rotatable bonds is 8. The number of hydrogen-bond acceptors (Lipinski definition) is 5. The second-order valence-electron chi connectivity index (χ2n) is 7.59. The summed E-state index contributed by atoms with van der Waals surface area (Å²) in [6, 6.07) is 8.06. The largest absolute Gasteiger partial charge is 0.354 e. The molecule has 2 N–H and O–H groups in total. The minimum atomic E-state index is -0.455. The van der Waals surface area contributed by atoms with E-state index in [1.807, 2.05) is 10.8 Å². The fourth-order valence-electron chi connectivity index (χ4n) is 3.71. The van der Waals surface area contributed by atoms with Crippen molar-refractivity contribution in [1.29, 1.82) is 0 Å². The number of carbonyl (C=O) groups is 2. The SMILES string of the molecule is C=CCONC(=O)c1cc2c(CN3CCNC(=O)C3)cn(Cc3ccc(F)cc3)c2cn1. The molecule has 8 nitrogen and oxygen atoms in total. The zero-order valence-corrected chi connectivity index (χ0v) is 17.5. The van der Waals surface area contributed by atoms with Crippen LogP contribution in [0.15, 0.2) is 55.4 Å². The molecule has 1 saturated heterocycles. The summed E-state index contributed by atoms with van der Waals surface area (Å²) < 4.78 is 15.3. The van der Waals surface area contributed by atoms with E-state index >= 15 is 0 Å². The van der Waals surface area contributed by atoms with Crippen molar-refractivity contribution in [3.8, 4) is 0 Å². The van der Waals surface area contributed by atoms with Crippen LogP contribution in [0.1, 0.15) is 21.6 Å². The molecule has 3 heterocycles. The third kappa shape index (κ3) is 5.01. The Morgan fingerprint density at radius 3 is 2.88 bits per heavy atom. The Hall–Kier alpha value is -3.56. The minimum Gasteiger partial charge on any atom is -0.354 e. The summed E-state index contributed by atoms with van der Waals surface area (Å²) >= 11 is 0. The summed E-state index contributed by atoms with van der Waals surface area (Å²) in [4.78, 5) is 35.6. The molecule has 0 unspecified atom stereocenters. The van der Waals surface area contributed by atoms with Crippen molar-refractivity contribution in [2.24, 2.45) is 0 Å². The van der Waals surface area contributed by atoms with Gasteiger partial charge in [0.05, 0.1) is 24.9 Å². The van der Waals surface area contributed by atoms with Gasteiger partial charge in [0.1, 0.15) is 11.5 Å². The molecule has 0 spiro atoms. The van der Waals surface area contributed by atoms with Crippen LogP contribution in [0.3, 0.4) is 0 Å². The predicted molar refractivity (Wildman–Crippen MR) is 117 cm³/mol. The quantitative estimate of drug-likeness (QED) is 0.320. The summed E-state index contributed by atoms with van der Waals surface area (Å²) in [7, 11) is 0. The normalized spacial score (nSPS) is 14.3. The maximum Gasteiger partial charge on any atom is 0.293 e. The Balaban J connectivity index is 1.66. The van der Waals surface area contributed by atoms with Crippen LogP contribution in [0.5, 0.6) is 0 Å². The van der Waals surface area contributed by atoms with Crippen LogP contribution in [-0.2, 0) is 22.7 Å². The topological polar surface area (TPSA) is 88.5 Å². The molecule has 166 valence electrons. The molecule has 1 aromatic carbocycles. The Bertz CT molecular complexity index is 1140. The number of carbonyl (C=O) groups excluding carboxylic acids is 2. The monoisotopic (exact) mass is 437 g/mol. The van der Waals surface area contributed by atoms with Crippen LogP contribution >= 0.6 is 0 Å². The van der Waals surface area contributed by atoms with E-state index in [-0.39, 0.29) is 24.0 Å². The van der Waals surface area contributed by atoms with Gasteiger partial charge in [-0.1, -0.05) is 18.2 Å². The number of halogens is 1. The lowest BCUT2D eigenvalue weighted by Crippen LogP contribution is -2.47. The number of hydrogen-bond donors (Lipinski definition) is 2. The van der Waals surface area contributed by atoms with Crippen LogP contribution in [0.25, 0.3) is 10.9 Å². The summed E-state index contributed by atoms with van der Waals surface area (Å²) in [5, 5.41) is 3.69. The van der Waals surface area contributed by atoms with E-state index in [1.54, 1.807) is 24.4 Å². The van der Waals surface area contributed by atoms with Gasteiger partial charge in [-0.25, -0.2) is 14.9 Å². The number of fused-ring (bicyclic) bond motifs is 1. The zero-order chi connectivity index (χ0) is 22.5. The number of benzene rings is 1. The first-order chi connectivity index (χ1) is 15.5. The molecule has 4 rings (SSSR count). The van der Waals surface area contributed by atoms with Crippen LogP contribution in [-0.4, -0.2) is 52.5 Å². The van der Waals surface area contributed by atoms with E-state index in [9.17, 15) is 14.0 Å². The Labute approximate surface area is 184 Å². The highest BCUT2D eigenvalue weighted by atomic mass is 19.1. The molecule has 1 aliphatic rings. The van der Waals surface area contributed by atoms with E-state index in [0.717, 1.165) is 28.6 Å². The lowest BCUT2D eigenvalue weighted by atomic mass is 10.1. The smallest absolute Gasteiger partial charge is 0.293 e. The van der Waals surface area contributed by atoms with E-state index < -0.39 is 5.91 Å². The minimum absolute atomic E-state index is 0.00704. The molecule has 2 aromatic heterocycles. The zero-order valence-electron chi connectivity index (χ0n) is 17.5. The molecular formula is C23H24FN5O3. The summed E-state index contributed by atoms with van der Waals surface area (Å²) in [6.07, 6.45) is 5.17. The van der Waals surface area contributed by atoms with Gasteiger partial charge in [0, 0.05) is 37.8 Å². The number of amides is 2. The van der Waals surface area contributed by atoms with Gasteiger partial charge in [0.15, 0.2) is 0 Å². The maximum atomic E-state index is 13.3. The summed E-state index contributed by atoms with van der Waals surface area (Å²) in [6.45, 7) is 6.45. The lowest BCUT2D eigenvalue weighted by molar-refractivity contribution is -0.124. The second kappa shape index (κ2) is 9.71. The van der Waals surface area contributed by atoms with E-state index in [4.69, 9.17) is 4.84 Å². The third-order valence-electron chi connectivity index (χ3n) is 5.23. The number of hydroxylamine groups is 1. The van der Waals surface area contributed by atoms with Crippen LogP contribution in [0, 0.1) is 5.82 Å². The molecule has 1 aliphatic heterocycles. The first-order valence-electron chi connectivity index (χ1n) is 10.3. The molecule has 32 heavy (non-hydrogen) atoms. The van der Waals surface area contributed by atoms with Crippen LogP contribution in [0.2, 0.25) is 0 Å². The number of nitrogens with zero attached hydrogens (tertiary/aromatic N) is 3. The van der Waals surface area contributed by atoms with Crippen molar-refractivity contribution in [2.75, 3.05) is 26.2 Å². The molecule has 1 fully saturated rings. The first kappa shape index (κ1) is 21.7. The van der Waals surface area contributed by atoms with Gasteiger partial charge in [-0.15, -0.1) is 6.58 Å². The van der Waals surface area contributed by atoms with Gasteiger partial charge in [-0.3, -0.25) is 19.3 Å². The molecule has 0 atom stereocenters. The molecule has 0 aliphatic carbocycles. The van der Waals surface area contributed by atoms with Gasteiger partial charge in [0.2, 0.25) is 5.91 Å². The third-order valence-corrected chi connectivity index (χ3v) is 5.23. The van der Waals surface area contributed by atoms with Crippen LogP contribution < -0.4 is 10.8 Å². The molecule has 0 saturated carbocycles. The number of nitrogens with one attached hydrogen (secondary N) is 2. The molecule has 2 amide bonds. The average Bonchev–Trinajstić information content (AvgIpc) is 3.12. The highest BCUT2D eigenvalue weighted by molar-refractivity contribution is 5.96. The van der Waals surface area contributed by atoms with Gasteiger partial charge in [0.25, 0.3) is 5.91 Å². The molecule has 0 radical (unpaired) electrons. The van der Waals surface area contributed by atoms with Crippen molar-refractivity contribution in [2.45, 2.75) is 13.1 Å². The van der Waals surface area contributed by atoms with Crippen molar-refractivity contribution in [3.05, 3.63) is 78.0 Å². The summed E-state index contributed by atoms with van der Waals surface area (Å²) in [5.74, 6) is -0.748. The molecule has 9 heteroatoms. The molecule has 0 bridgehead atoms. The van der Waals surface area contributed by atoms with Crippen molar-refractivity contribution >= 4 is 22.7 Å². The second-order valence-corrected chi connectivity index (χ2v) is 7.59.